The number of benzene rings is 3. The molecule has 0 bridgehead atoms. The maximum atomic E-state index is 13.5. The van der Waals surface area contributed by atoms with Gasteiger partial charge in [0, 0.05) is 12.1 Å². The average Bonchev–Trinajstić information content (AvgIpc) is 3.42. The zero-order valence-corrected chi connectivity index (χ0v) is 20.5. The number of aliphatic carboxylic acids is 1. The quantitative estimate of drug-likeness (QED) is 0.412. The second-order valence-corrected chi connectivity index (χ2v) is 10.0. The van der Waals surface area contributed by atoms with Crippen LogP contribution in [0.25, 0.3) is 0 Å². The number of carboxylic acids is 1. The average molecular weight is 524 g/mol. The van der Waals surface area contributed by atoms with Crippen LogP contribution >= 0.6 is 0 Å². The molecule has 1 fully saturated rings. The zero-order valence-electron chi connectivity index (χ0n) is 19.7. The number of hydrogen-bond acceptors (Lipinski definition) is 6. The minimum atomic E-state index is -4.18. The fraction of sp³-hybridized carbons (Fsp3) is 0.192. The van der Waals surface area contributed by atoms with E-state index >= 15 is 0 Å². The van der Waals surface area contributed by atoms with E-state index in [4.69, 9.17) is 4.84 Å². The van der Waals surface area contributed by atoms with Crippen LogP contribution in [-0.4, -0.2) is 55.3 Å². The second-order valence-electron chi connectivity index (χ2n) is 8.26. The van der Waals surface area contributed by atoms with E-state index in [1.54, 1.807) is 60.7 Å². The van der Waals surface area contributed by atoms with Gasteiger partial charge < -0.3 is 20.2 Å². The molecule has 1 atom stereocenters. The number of nitrogens with zero attached hydrogens (tertiary/aromatic N) is 2. The van der Waals surface area contributed by atoms with Gasteiger partial charge in [-0.1, -0.05) is 40.9 Å². The molecule has 192 valence electrons. The smallest absolute Gasteiger partial charge is 0.326 e. The topological polar surface area (TPSA) is 133 Å². The van der Waals surface area contributed by atoms with Crippen LogP contribution in [0, 0.1) is 0 Å². The SMILES string of the molecule is O=C(NCC(=O)N1CCCC1C(=O)O)c1ccc(S(=O)(=O)N(Oc2ccccc2)c2ccccc2)cc1. The van der Waals surface area contributed by atoms with Crippen LogP contribution in [0.2, 0.25) is 0 Å². The van der Waals surface area contributed by atoms with Gasteiger partial charge in [0.15, 0.2) is 5.75 Å². The number of sulfonamides is 1. The minimum absolute atomic E-state index is 0.110. The van der Waals surface area contributed by atoms with E-state index in [-0.39, 0.29) is 22.7 Å². The third-order valence-corrected chi connectivity index (χ3v) is 7.38. The van der Waals surface area contributed by atoms with Gasteiger partial charge in [-0.15, -0.1) is 0 Å². The van der Waals surface area contributed by atoms with Crippen molar-refractivity contribution in [2.75, 3.05) is 17.6 Å². The molecule has 1 aliphatic heterocycles. The van der Waals surface area contributed by atoms with Crippen LogP contribution in [0.3, 0.4) is 0 Å². The van der Waals surface area contributed by atoms with E-state index in [2.05, 4.69) is 5.32 Å². The molecular weight excluding hydrogens is 498 g/mol. The van der Waals surface area contributed by atoms with Gasteiger partial charge in [0.2, 0.25) is 5.91 Å². The molecule has 0 aliphatic carbocycles. The Bertz CT molecular complexity index is 1360. The van der Waals surface area contributed by atoms with Crippen LogP contribution in [-0.2, 0) is 19.6 Å². The van der Waals surface area contributed by atoms with Crippen molar-refractivity contribution in [3.8, 4) is 5.75 Å². The molecule has 1 unspecified atom stereocenters. The Morgan fingerprint density at radius 2 is 1.57 bits per heavy atom. The van der Waals surface area contributed by atoms with Crippen molar-refractivity contribution in [3.63, 3.8) is 0 Å². The first-order valence-corrected chi connectivity index (χ1v) is 13.0. The van der Waals surface area contributed by atoms with Crippen LogP contribution < -0.4 is 14.6 Å². The van der Waals surface area contributed by atoms with Crippen molar-refractivity contribution >= 4 is 33.5 Å². The van der Waals surface area contributed by atoms with E-state index in [0.29, 0.717) is 25.1 Å². The first-order valence-electron chi connectivity index (χ1n) is 11.5. The summed E-state index contributed by atoms with van der Waals surface area (Å²) in [5, 5.41) is 11.7. The summed E-state index contributed by atoms with van der Waals surface area (Å²) in [5.74, 6) is -1.84. The monoisotopic (exact) mass is 523 g/mol. The number of carboxylic acid groups (broad SMARTS) is 1. The van der Waals surface area contributed by atoms with Gasteiger partial charge >= 0.3 is 5.97 Å². The summed E-state index contributed by atoms with van der Waals surface area (Å²) in [5.41, 5.74) is 0.423. The van der Waals surface area contributed by atoms with Crippen molar-refractivity contribution in [3.05, 3.63) is 90.5 Å². The lowest BCUT2D eigenvalue weighted by atomic mass is 10.2. The summed E-state index contributed by atoms with van der Waals surface area (Å²) in [4.78, 5) is 43.1. The van der Waals surface area contributed by atoms with Crippen molar-refractivity contribution in [2.45, 2.75) is 23.8 Å². The molecule has 4 rings (SSSR count). The Morgan fingerprint density at radius 1 is 0.946 bits per heavy atom. The van der Waals surface area contributed by atoms with Gasteiger partial charge in [0.05, 0.1) is 17.1 Å². The molecule has 37 heavy (non-hydrogen) atoms. The second kappa shape index (κ2) is 11.1. The predicted octanol–water partition coefficient (Wildman–Crippen LogP) is 2.68. The number of nitrogens with one attached hydrogen (secondary N) is 1. The predicted molar refractivity (Wildman–Crippen MR) is 134 cm³/mol. The van der Waals surface area contributed by atoms with Crippen molar-refractivity contribution in [2.24, 2.45) is 0 Å². The summed E-state index contributed by atoms with van der Waals surface area (Å²) in [7, 11) is -4.18. The van der Waals surface area contributed by atoms with E-state index in [1.807, 2.05) is 0 Å². The fourth-order valence-corrected chi connectivity index (χ4v) is 5.18. The van der Waals surface area contributed by atoms with Gasteiger partial charge in [-0.2, -0.15) is 8.42 Å². The van der Waals surface area contributed by atoms with Gasteiger partial charge in [-0.3, -0.25) is 9.59 Å². The minimum Gasteiger partial charge on any atom is -0.480 e. The van der Waals surface area contributed by atoms with Crippen LogP contribution in [0.5, 0.6) is 5.75 Å². The van der Waals surface area contributed by atoms with Gasteiger partial charge in [0.1, 0.15) is 6.04 Å². The number of rotatable bonds is 9. The number of anilines is 1. The van der Waals surface area contributed by atoms with E-state index in [0.717, 1.165) is 4.47 Å². The van der Waals surface area contributed by atoms with E-state index in [9.17, 15) is 27.9 Å². The molecule has 2 N–H and O–H groups in total. The van der Waals surface area contributed by atoms with Gasteiger partial charge in [0.25, 0.3) is 15.9 Å². The Morgan fingerprint density at radius 3 is 2.19 bits per heavy atom. The molecule has 11 heteroatoms. The Balaban J connectivity index is 1.48. The first kappa shape index (κ1) is 25.7. The summed E-state index contributed by atoms with van der Waals surface area (Å²) >= 11 is 0. The highest BCUT2D eigenvalue weighted by atomic mass is 32.2. The third kappa shape index (κ3) is 5.89. The Labute approximate surface area is 214 Å². The lowest BCUT2D eigenvalue weighted by molar-refractivity contribution is -0.147. The molecule has 0 saturated carbocycles. The number of para-hydroxylation sites is 2. The number of carbonyl (C=O) groups excluding carboxylic acids is 2. The summed E-state index contributed by atoms with van der Waals surface area (Å²) in [6, 6.07) is 21.1. The molecular formula is C26H25N3O7S. The molecule has 0 spiro atoms. The van der Waals surface area contributed by atoms with Crippen LogP contribution in [0.15, 0.2) is 89.8 Å². The van der Waals surface area contributed by atoms with Crippen LogP contribution in [0.1, 0.15) is 23.2 Å². The number of amides is 2. The highest BCUT2D eigenvalue weighted by Gasteiger charge is 2.34. The Kier molecular flexibility index (Phi) is 7.73. The summed E-state index contributed by atoms with van der Waals surface area (Å²) < 4.78 is 27.7. The first-order chi connectivity index (χ1) is 17.8. The highest BCUT2D eigenvalue weighted by Crippen LogP contribution is 2.26. The van der Waals surface area contributed by atoms with Crippen molar-refractivity contribution in [1.29, 1.82) is 0 Å². The number of carbonyl (C=O) groups is 3. The molecule has 0 radical (unpaired) electrons. The maximum absolute atomic E-state index is 13.5. The molecule has 1 aliphatic rings. The van der Waals surface area contributed by atoms with E-state index < -0.39 is 33.8 Å². The van der Waals surface area contributed by atoms with E-state index in [1.165, 1.54) is 29.2 Å². The molecule has 3 aromatic rings. The highest BCUT2D eigenvalue weighted by molar-refractivity contribution is 7.92. The summed E-state index contributed by atoms with van der Waals surface area (Å²) in [6.45, 7) is -0.0451. The molecule has 10 nitrogen and oxygen atoms in total. The largest absolute Gasteiger partial charge is 0.480 e. The standard InChI is InChI=1S/C26H25N3O7S/c30-24(28-17-7-12-23(28)26(32)33)18-27-25(31)19-13-15-22(16-14-19)37(34,35)29(20-8-3-1-4-9-20)36-21-10-5-2-6-11-21/h1-6,8-11,13-16,23H,7,12,17-18H2,(H,27,31)(H,32,33). The fourth-order valence-electron chi connectivity index (χ4n) is 3.92. The number of likely N-dealkylation sites (tertiary alicyclic amines) is 1. The third-order valence-electron chi connectivity index (χ3n) is 5.79. The van der Waals surface area contributed by atoms with Crippen molar-refractivity contribution < 1.29 is 32.7 Å². The van der Waals surface area contributed by atoms with Gasteiger partial charge in [-0.25, -0.2) is 4.79 Å². The van der Waals surface area contributed by atoms with Crippen LogP contribution in [0.4, 0.5) is 5.69 Å². The lowest BCUT2D eigenvalue weighted by Crippen LogP contribution is -2.45. The normalized spacial score (nSPS) is 15.1. The zero-order chi connectivity index (χ0) is 26.4. The molecule has 2 amide bonds. The maximum Gasteiger partial charge on any atom is 0.326 e. The molecule has 3 aromatic carbocycles. The molecule has 1 heterocycles. The summed E-state index contributed by atoms with van der Waals surface area (Å²) in [6.07, 6.45) is 0.958. The Hall–Kier alpha value is -4.38. The lowest BCUT2D eigenvalue weighted by Gasteiger charge is -2.24. The molecule has 1 saturated heterocycles. The molecule has 0 aromatic heterocycles. The van der Waals surface area contributed by atoms with Gasteiger partial charge in [-0.05, 0) is 61.4 Å². The number of hydrogen-bond donors (Lipinski definition) is 2. The van der Waals surface area contributed by atoms with Crippen molar-refractivity contribution in [1.82, 2.24) is 10.2 Å².